The van der Waals surface area contributed by atoms with Gasteiger partial charge in [0.15, 0.2) is 11.9 Å². The maximum Gasteiger partial charge on any atom is 0.243 e. The maximum absolute atomic E-state index is 14.0. The van der Waals surface area contributed by atoms with Gasteiger partial charge in [0.25, 0.3) is 0 Å². The van der Waals surface area contributed by atoms with Crippen molar-refractivity contribution in [3.05, 3.63) is 35.9 Å². The van der Waals surface area contributed by atoms with Gasteiger partial charge in [0.1, 0.15) is 30.2 Å². The molecule has 18 N–H and O–H groups in total. The van der Waals surface area contributed by atoms with Crippen LogP contribution in [0.3, 0.4) is 0 Å². The first-order valence-electron chi connectivity index (χ1n) is 19.7. The molecule has 0 unspecified atom stereocenters. The summed E-state index contributed by atoms with van der Waals surface area (Å²) in [6.07, 6.45) is 1.06. The molecule has 0 saturated heterocycles. The van der Waals surface area contributed by atoms with Crippen LogP contribution in [-0.2, 0) is 40.0 Å². The van der Waals surface area contributed by atoms with E-state index in [-0.39, 0.29) is 75.9 Å². The molecule has 7 atom stereocenters. The predicted octanol–water partition coefficient (Wildman–Crippen LogP) is -3.06. The summed E-state index contributed by atoms with van der Waals surface area (Å²) in [6.45, 7) is 8.61. The number of carbonyl (C=O) groups excluding carboxylic acids is 7. The first-order valence-corrected chi connectivity index (χ1v) is 19.7. The lowest BCUT2D eigenvalue weighted by Gasteiger charge is -2.27. The van der Waals surface area contributed by atoms with Crippen molar-refractivity contribution in [3.63, 3.8) is 0 Å². The summed E-state index contributed by atoms with van der Waals surface area (Å²) in [5, 5.41) is 16.0. The van der Waals surface area contributed by atoms with Crippen molar-refractivity contribution in [2.24, 2.45) is 50.3 Å². The van der Waals surface area contributed by atoms with Crippen LogP contribution in [0.25, 0.3) is 0 Å². The lowest BCUT2D eigenvalue weighted by molar-refractivity contribution is -0.135. The van der Waals surface area contributed by atoms with E-state index < -0.39 is 83.6 Å². The van der Waals surface area contributed by atoms with Gasteiger partial charge in [0, 0.05) is 32.0 Å². The van der Waals surface area contributed by atoms with Crippen LogP contribution < -0.4 is 66.3 Å². The molecule has 0 heterocycles. The Kier molecular flexibility index (Phi) is 23.2. The summed E-state index contributed by atoms with van der Waals surface area (Å²) in [6, 6.07) is 1.94. The number of hydrogen-bond acceptors (Lipinski definition) is 10. The average molecular weight is 831 g/mol. The Hall–Kier alpha value is -5.99. The smallest absolute Gasteiger partial charge is 0.243 e. The fourth-order valence-corrected chi connectivity index (χ4v) is 5.76. The second-order valence-electron chi connectivity index (χ2n) is 14.8. The van der Waals surface area contributed by atoms with E-state index in [1.807, 2.05) is 19.9 Å². The summed E-state index contributed by atoms with van der Waals surface area (Å²) in [5.74, 6) is -4.81. The highest BCUT2D eigenvalue weighted by Crippen LogP contribution is 2.12. The molecule has 0 bridgehead atoms. The van der Waals surface area contributed by atoms with Crippen molar-refractivity contribution in [1.82, 2.24) is 31.9 Å². The Morgan fingerprint density at radius 1 is 0.610 bits per heavy atom. The van der Waals surface area contributed by atoms with E-state index in [0.717, 1.165) is 5.56 Å². The fraction of sp³-hybridized carbons (Fsp3) is 0.605. The van der Waals surface area contributed by atoms with Gasteiger partial charge in [-0.3, -0.25) is 43.5 Å². The lowest BCUT2D eigenvalue weighted by atomic mass is 9.99. The highest BCUT2D eigenvalue weighted by molar-refractivity contribution is 5.96. The number of nitrogens with two attached hydrogens (primary N) is 6. The molecule has 21 nitrogen and oxygen atoms in total. The quantitative estimate of drug-likeness (QED) is 0.0239. The molecule has 59 heavy (non-hydrogen) atoms. The normalized spacial score (nSPS) is 14.4. The minimum atomic E-state index is -1.22. The third kappa shape index (κ3) is 21.4. The van der Waals surface area contributed by atoms with E-state index in [1.54, 1.807) is 31.2 Å². The number of aliphatic imine (C=N–C) groups is 2. The van der Waals surface area contributed by atoms with Gasteiger partial charge in [-0.1, -0.05) is 51.1 Å². The Morgan fingerprint density at radius 3 is 1.56 bits per heavy atom. The number of rotatable bonds is 27. The molecule has 0 fully saturated rings. The third-order valence-corrected chi connectivity index (χ3v) is 8.86. The molecular formula is C38H66N14O7. The molecule has 1 aromatic rings. The largest absolute Gasteiger partial charge is 0.370 e. The van der Waals surface area contributed by atoms with Gasteiger partial charge in [0.2, 0.25) is 41.4 Å². The Bertz CT molecular complexity index is 1600. The van der Waals surface area contributed by atoms with Crippen molar-refractivity contribution in [2.75, 3.05) is 13.1 Å². The molecule has 0 radical (unpaired) electrons. The van der Waals surface area contributed by atoms with E-state index >= 15 is 0 Å². The van der Waals surface area contributed by atoms with Gasteiger partial charge in [0.05, 0.1) is 6.04 Å². The highest BCUT2D eigenvalue weighted by atomic mass is 16.2. The molecule has 0 aliphatic heterocycles. The maximum atomic E-state index is 14.0. The van der Waals surface area contributed by atoms with Crippen LogP contribution in [0.2, 0.25) is 0 Å². The second kappa shape index (κ2) is 26.8. The Morgan fingerprint density at radius 2 is 1.10 bits per heavy atom. The fourth-order valence-electron chi connectivity index (χ4n) is 5.76. The number of nitrogens with zero attached hydrogens (tertiary/aromatic N) is 2. The van der Waals surface area contributed by atoms with Gasteiger partial charge in [-0.15, -0.1) is 0 Å². The van der Waals surface area contributed by atoms with Crippen molar-refractivity contribution in [2.45, 2.75) is 128 Å². The number of hydrogen-bond donors (Lipinski definition) is 12. The van der Waals surface area contributed by atoms with E-state index in [1.165, 1.54) is 13.8 Å². The van der Waals surface area contributed by atoms with Crippen molar-refractivity contribution < 1.29 is 33.6 Å². The van der Waals surface area contributed by atoms with Crippen molar-refractivity contribution >= 4 is 53.3 Å². The summed E-state index contributed by atoms with van der Waals surface area (Å²) < 4.78 is 0. The number of carbonyl (C=O) groups is 7. The molecule has 7 amide bonds. The molecule has 1 rings (SSSR count). The summed E-state index contributed by atoms with van der Waals surface area (Å²) >= 11 is 0. The number of primary amides is 1. The summed E-state index contributed by atoms with van der Waals surface area (Å²) in [7, 11) is 0. The number of nitrogens with one attached hydrogen (secondary N) is 6. The van der Waals surface area contributed by atoms with Crippen LogP contribution in [0.1, 0.15) is 85.1 Å². The van der Waals surface area contributed by atoms with Gasteiger partial charge in [-0.25, -0.2) is 0 Å². The molecule has 1 aromatic carbocycles. The number of guanidine groups is 2. The number of benzene rings is 1. The van der Waals surface area contributed by atoms with Gasteiger partial charge >= 0.3 is 0 Å². The van der Waals surface area contributed by atoms with E-state index in [0.29, 0.717) is 6.42 Å². The standard InChI is InChI=1S/C38H66N14O7/c1-6-26(50-33(56)23(5)47-32(55)22(4)39)34(57)51-28(15-11-17-46-38(43)44)36(59)52-27(14-10-16-45-37(41)42)35(58)48-25(18-21(2)3)20-30(53)49-29(31(40)54)19-24-12-8-7-9-13-24/h7-9,12-13,21-23,25-29H,6,10-11,14-20,39H2,1-5H3,(H2,40,54)(H,47,55)(H,48,58)(H,49,53)(H,50,56)(H,51,57)(H,52,59)(H4,41,42,45)(H4,43,44,46)/t22-,23-,25-,26-,27-,28-,29-/m0/s1. The monoisotopic (exact) mass is 831 g/mol. The molecule has 330 valence electrons. The van der Waals surface area contributed by atoms with Crippen LogP contribution in [0.4, 0.5) is 0 Å². The average Bonchev–Trinajstić information content (AvgIpc) is 3.15. The Balaban J connectivity index is 3.30. The van der Waals surface area contributed by atoms with Crippen LogP contribution in [-0.4, -0.2) is 109 Å². The van der Waals surface area contributed by atoms with Crippen LogP contribution in [0.5, 0.6) is 0 Å². The van der Waals surface area contributed by atoms with Gasteiger partial charge in [-0.2, -0.15) is 0 Å². The highest BCUT2D eigenvalue weighted by Gasteiger charge is 2.31. The number of amides is 7. The third-order valence-electron chi connectivity index (χ3n) is 8.86. The molecule has 0 saturated carbocycles. The van der Waals surface area contributed by atoms with E-state index in [4.69, 9.17) is 34.4 Å². The lowest BCUT2D eigenvalue weighted by Crippen LogP contribution is -2.58. The zero-order valence-corrected chi connectivity index (χ0v) is 34.8. The molecule has 0 spiro atoms. The van der Waals surface area contributed by atoms with Crippen LogP contribution in [0.15, 0.2) is 40.3 Å². The molecule has 0 aliphatic carbocycles. The first kappa shape index (κ1) is 51.0. The second-order valence-corrected chi connectivity index (χ2v) is 14.8. The van der Waals surface area contributed by atoms with Gasteiger partial charge in [-0.05, 0) is 63.9 Å². The first-order chi connectivity index (χ1) is 27.7. The Labute approximate surface area is 345 Å². The zero-order chi connectivity index (χ0) is 44.7. The van der Waals surface area contributed by atoms with E-state index in [2.05, 4.69) is 41.9 Å². The molecule has 21 heteroatoms. The minimum absolute atomic E-state index is 0.0274. The topological polar surface area (TPSA) is 373 Å². The van der Waals surface area contributed by atoms with Crippen LogP contribution >= 0.6 is 0 Å². The zero-order valence-electron chi connectivity index (χ0n) is 34.8. The summed E-state index contributed by atoms with van der Waals surface area (Å²) in [5.41, 5.74) is 33.9. The van der Waals surface area contributed by atoms with E-state index in [9.17, 15) is 33.6 Å². The predicted molar refractivity (Wildman–Crippen MR) is 224 cm³/mol. The SMILES string of the molecule is CC[C@H](NC(=O)[C@H](C)NC(=O)[C@H](C)N)C(=O)N[C@@H](CCCN=C(N)N)C(=O)N[C@@H](CCCN=C(N)N)C(=O)N[C@H](CC(=O)N[C@@H](Cc1ccccc1)C(N)=O)CC(C)C. The molecule has 0 aliphatic rings. The van der Waals surface area contributed by atoms with Crippen molar-refractivity contribution in [3.8, 4) is 0 Å². The summed E-state index contributed by atoms with van der Waals surface area (Å²) in [4.78, 5) is 99.7. The molecular weight excluding hydrogens is 765 g/mol. The van der Waals surface area contributed by atoms with Crippen LogP contribution in [0, 0.1) is 5.92 Å². The molecule has 0 aromatic heterocycles. The van der Waals surface area contributed by atoms with Crippen molar-refractivity contribution in [1.29, 1.82) is 0 Å². The minimum Gasteiger partial charge on any atom is -0.370 e. The van der Waals surface area contributed by atoms with Gasteiger partial charge < -0.3 is 66.3 Å².